The Kier molecular flexibility index (Phi) is 5.41. The molecule has 1 aliphatic heterocycles. The molecule has 0 radical (unpaired) electrons. The molecule has 2 unspecified atom stereocenters. The van der Waals surface area contributed by atoms with Crippen molar-refractivity contribution in [3.05, 3.63) is 0 Å². The SMILES string of the molecule is CC(=O)N(C)CC(=O)NC(C)C1CCCCN1. The maximum atomic E-state index is 11.7. The Morgan fingerprint density at radius 3 is 2.71 bits per heavy atom. The molecule has 0 bridgehead atoms. The van der Waals surface area contributed by atoms with Gasteiger partial charge >= 0.3 is 0 Å². The van der Waals surface area contributed by atoms with Crippen LogP contribution in [0.25, 0.3) is 0 Å². The fraction of sp³-hybridized carbons (Fsp3) is 0.833. The lowest BCUT2D eigenvalue weighted by Crippen LogP contribution is -2.52. The van der Waals surface area contributed by atoms with Gasteiger partial charge in [-0.3, -0.25) is 9.59 Å². The second-order valence-electron chi connectivity index (χ2n) is 4.79. The monoisotopic (exact) mass is 241 g/mol. The molecule has 1 heterocycles. The Balaban J connectivity index is 2.31. The molecule has 1 rings (SSSR count). The zero-order valence-corrected chi connectivity index (χ0v) is 11.0. The first kappa shape index (κ1) is 14.0. The molecule has 1 fully saturated rings. The van der Waals surface area contributed by atoms with E-state index < -0.39 is 0 Å². The van der Waals surface area contributed by atoms with E-state index in [-0.39, 0.29) is 24.4 Å². The van der Waals surface area contributed by atoms with Crippen LogP contribution < -0.4 is 10.6 Å². The van der Waals surface area contributed by atoms with Gasteiger partial charge in [-0.1, -0.05) is 6.42 Å². The summed E-state index contributed by atoms with van der Waals surface area (Å²) in [5, 5.41) is 6.35. The van der Waals surface area contributed by atoms with Crippen molar-refractivity contribution in [1.82, 2.24) is 15.5 Å². The predicted octanol–water partition coefficient (Wildman–Crippen LogP) is 0.112. The molecule has 0 aliphatic carbocycles. The molecular weight excluding hydrogens is 218 g/mol. The lowest BCUT2D eigenvalue weighted by molar-refractivity contribution is -0.133. The molecule has 1 aliphatic rings. The molecule has 2 amide bonds. The minimum Gasteiger partial charge on any atom is -0.351 e. The highest BCUT2D eigenvalue weighted by molar-refractivity contribution is 5.83. The van der Waals surface area contributed by atoms with Crippen LogP contribution in [0.2, 0.25) is 0 Å². The number of rotatable bonds is 4. The van der Waals surface area contributed by atoms with Gasteiger partial charge in [0, 0.05) is 26.1 Å². The van der Waals surface area contributed by atoms with Gasteiger partial charge in [0.1, 0.15) is 0 Å². The minimum atomic E-state index is -0.0948. The highest BCUT2D eigenvalue weighted by atomic mass is 16.2. The molecule has 17 heavy (non-hydrogen) atoms. The number of carbonyl (C=O) groups excluding carboxylic acids is 2. The molecule has 0 aromatic heterocycles. The van der Waals surface area contributed by atoms with E-state index in [0.717, 1.165) is 13.0 Å². The summed E-state index contributed by atoms with van der Waals surface area (Å²) in [5.74, 6) is -0.189. The largest absolute Gasteiger partial charge is 0.351 e. The zero-order valence-electron chi connectivity index (χ0n) is 11.0. The lowest BCUT2D eigenvalue weighted by atomic mass is 9.99. The summed E-state index contributed by atoms with van der Waals surface area (Å²) in [6, 6.07) is 0.471. The van der Waals surface area contributed by atoms with Crippen LogP contribution in [-0.4, -0.2) is 48.9 Å². The smallest absolute Gasteiger partial charge is 0.239 e. The van der Waals surface area contributed by atoms with Gasteiger partial charge in [0.05, 0.1) is 6.54 Å². The number of hydrogen-bond donors (Lipinski definition) is 2. The van der Waals surface area contributed by atoms with Gasteiger partial charge in [-0.25, -0.2) is 0 Å². The van der Waals surface area contributed by atoms with E-state index in [4.69, 9.17) is 0 Å². The maximum Gasteiger partial charge on any atom is 0.239 e. The van der Waals surface area contributed by atoms with Crippen LogP contribution in [0.3, 0.4) is 0 Å². The molecule has 0 aromatic carbocycles. The molecule has 5 nitrogen and oxygen atoms in total. The average Bonchev–Trinajstić information content (AvgIpc) is 2.29. The fourth-order valence-electron chi connectivity index (χ4n) is 2.03. The van der Waals surface area contributed by atoms with Crippen molar-refractivity contribution in [3.63, 3.8) is 0 Å². The minimum absolute atomic E-state index is 0.0939. The van der Waals surface area contributed by atoms with Crippen molar-refractivity contribution in [2.75, 3.05) is 20.1 Å². The van der Waals surface area contributed by atoms with Crippen LogP contribution in [0.1, 0.15) is 33.1 Å². The van der Waals surface area contributed by atoms with Gasteiger partial charge < -0.3 is 15.5 Å². The molecule has 0 spiro atoms. The molecular formula is C12H23N3O2. The third-order valence-corrected chi connectivity index (χ3v) is 3.26. The summed E-state index contributed by atoms with van der Waals surface area (Å²) in [6.07, 6.45) is 3.53. The first-order chi connectivity index (χ1) is 8.00. The van der Waals surface area contributed by atoms with E-state index in [0.29, 0.717) is 6.04 Å². The topological polar surface area (TPSA) is 61.4 Å². The Labute approximate surface area is 103 Å². The van der Waals surface area contributed by atoms with Gasteiger partial charge in [-0.15, -0.1) is 0 Å². The first-order valence-electron chi connectivity index (χ1n) is 6.25. The van der Waals surface area contributed by atoms with E-state index in [1.165, 1.54) is 24.7 Å². The average molecular weight is 241 g/mol. The summed E-state index contributed by atoms with van der Waals surface area (Å²) >= 11 is 0. The molecule has 98 valence electrons. The van der Waals surface area contributed by atoms with Gasteiger partial charge in [0.2, 0.25) is 11.8 Å². The summed E-state index contributed by atoms with van der Waals surface area (Å²) in [4.78, 5) is 24.1. The van der Waals surface area contributed by atoms with Crippen molar-refractivity contribution in [2.24, 2.45) is 0 Å². The second-order valence-corrected chi connectivity index (χ2v) is 4.79. The van der Waals surface area contributed by atoms with E-state index in [1.54, 1.807) is 7.05 Å². The van der Waals surface area contributed by atoms with Crippen LogP contribution in [0.5, 0.6) is 0 Å². The van der Waals surface area contributed by atoms with E-state index in [1.807, 2.05) is 6.92 Å². The highest BCUT2D eigenvalue weighted by Gasteiger charge is 2.21. The Hall–Kier alpha value is -1.10. The van der Waals surface area contributed by atoms with Gasteiger partial charge in [-0.2, -0.15) is 0 Å². The number of carbonyl (C=O) groups is 2. The first-order valence-corrected chi connectivity index (χ1v) is 6.25. The van der Waals surface area contributed by atoms with Crippen LogP contribution in [-0.2, 0) is 9.59 Å². The Morgan fingerprint density at radius 2 is 2.18 bits per heavy atom. The molecule has 2 atom stereocenters. The van der Waals surface area contributed by atoms with Gasteiger partial charge in [0.25, 0.3) is 0 Å². The fourth-order valence-corrected chi connectivity index (χ4v) is 2.03. The molecule has 1 saturated heterocycles. The summed E-state index contributed by atoms with van der Waals surface area (Å²) in [7, 11) is 1.63. The summed E-state index contributed by atoms with van der Waals surface area (Å²) in [6.45, 7) is 4.62. The quantitative estimate of drug-likeness (QED) is 0.734. The number of piperidine rings is 1. The van der Waals surface area contributed by atoms with Crippen LogP contribution >= 0.6 is 0 Å². The zero-order chi connectivity index (χ0) is 12.8. The van der Waals surface area contributed by atoms with Crippen molar-refractivity contribution < 1.29 is 9.59 Å². The lowest BCUT2D eigenvalue weighted by Gasteiger charge is -2.30. The number of likely N-dealkylation sites (N-methyl/N-ethyl adjacent to an activating group) is 1. The van der Waals surface area contributed by atoms with Gasteiger partial charge in [-0.05, 0) is 26.3 Å². The normalized spacial score (nSPS) is 21.7. The van der Waals surface area contributed by atoms with E-state index in [2.05, 4.69) is 10.6 Å². The number of amides is 2. The Bertz CT molecular complexity index is 275. The molecule has 0 aromatic rings. The van der Waals surface area contributed by atoms with E-state index >= 15 is 0 Å². The van der Waals surface area contributed by atoms with Crippen molar-refractivity contribution >= 4 is 11.8 Å². The molecule has 0 saturated carbocycles. The predicted molar refractivity (Wildman–Crippen MR) is 66.6 cm³/mol. The molecule has 2 N–H and O–H groups in total. The molecule has 5 heteroatoms. The van der Waals surface area contributed by atoms with Crippen LogP contribution in [0.15, 0.2) is 0 Å². The maximum absolute atomic E-state index is 11.7. The standard InChI is InChI=1S/C12H23N3O2/c1-9(11-6-4-5-7-13-11)14-12(17)8-15(3)10(2)16/h9,11,13H,4-8H2,1-3H3,(H,14,17). The van der Waals surface area contributed by atoms with Gasteiger partial charge in [0.15, 0.2) is 0 Å². The van der Waals surface area contributed by atoms with Crippen molar-refractivity contribution in [2.45, 2.75) is 45.2 Å². The van der Waals surface area contributed by atoms with Crippen molar-refractivity contribution in [3.8, 4) is 0 Å². The summed E-state index contributed by atoms with van der Waals surface area (Å²) in [5.41, 5.74) is 0. The van der Waals surface area contributed by atoms with E-state index in [9.17, 15) is 9.59 Å². The number of hydrogen-bond acceptors (Lipinski definition) is 3. The Morgan fingerprint density at radius 1 is 1.47 bits per heavy atom. The highest BCUT2D eigenvalue weighted by Crippen LogP contribution is 2.10. The second kappa shape index (κ2) is 6.59. The van der Waals surface area contributed by atoms with Crippen LogP contribution in [0, 0.1) is 0 Å². The van der Waals surface area contributed by atoms with Crippen LogP contribution in [0.4, 0.5) is 0 Å². The third-order valence-electron chi connectivity index (χ3n) is 3.26. The third kappa shape index (κ3) is 4.73. The number of nitrogens with zero attached hydrogens (tertiary/aromatic N) is 1. The van der Waals surface area contributed by atoms with Crippen molar-refractivity contribution in [1.29, 1.82) is 0 Å². The number of nitrogens with one attached hydrogen (secondary N) is 2. The summed E-state index contributed by atoms with van der Waals surface area (Å²) < 4.78 is 0.